The van der Waals surface area contributed by atoms with Crippen molar-refractivity contribution in [1.29, 1.82) is 0 Å². The molecule has 1 radical (unpaired) electrons. The molecule has 4 aromatic rings. The molecular formula is C45H56IrN2-2. The van der Waals surface area contributed by atoms with Crippen LogP contribution in [0.25, 0.3) is 22.5 Å². The summed E-state index contributed by atoms with van der Waals surface area (Å²) < 4.78 is 0. The molecule has 0 fully saturated rings. The second kappa shape index (κ2) is 12.3. The summed E-state index contributed by atoms with van der Waals surface area (Å²) >= 11 is 0. The van der Waals surface area contributed by atoms with Crippen molar-refractivity contribution in [2.45, 2.75) is 148 Å². The van der Waals surface area contributed by atoms with Crippen molar-refractivity contribution in [3.05, 3.63) is 106 Å². The van der Waals surface area contributed by atoms with E-state index in [0.29, 0.717) is 0 Å². The van der Waals surface area contributed by atoms with E-state index in [1.54, 1.807) is 0 Å². The van der Waals surface area contributed by atoms with Crippen LogP contribution < -0.4 is 0 Å². The molecule has 2 aromatic heterocycles. The Labute approximate surface area is 305 Å². The Bertz CT molecular complexity index is 1810. The fourth-order valence-electron chi connectivity index (χ4n) is 8.83. The van der Waals surface area contributed by atoms with E-state index in [4.69, 9.17) is 4.98 Å². The minimum atomic E-state index is 0. The summed E-state index contributed by atoms with van der Waals surface area (Å²) in [6.45, 7) is 28.3. The predicted octanol–water partition coefficient (Wildman–Crippen LogP) is 11.8. The van der Waals surface area contributed by atoms with Crippen LogP contribution in [0.3, 0.4) is 0 Å². The molecule has 0 saturated carbocycles. The molecular weight excluding hydrogens is 761 g/mol. The molecule has 3 aliphatic rings. The number of rotatable bonds is 2. The van der Waals surface area contributed by atoms with Crippen molar-refractivity contribution in [3.63, 3.8) is 0 Å². The fourth-order valence-corrected chi connectivity index (χ4v) is 8.83. The predicted molar refractivity (Wildman–Crippen MR) is 198 cm³/mol. The zero-order chi connectivity index (χ0) is 34.2. The first-order chi connectivity index (χ1) is 21.7. The van der Waals surface area contributed by atoms with Crippen LogP contribution in [0.5, 0.6) is 0 Å². The van der Waals surface area contributed by atoms with Crippen LogP contribution in [0.15, 0.2) is 60.9 Å². The molecule has 0 unspecified atom stereocenters. The maximum atomic E-state index is 4.88. The number of benzene rings is 2. The van der Waals surface area contributed by atoms with Gasteiger partial charge in [-0.15, -0.1) is 69.8 Å². The molecule has 2 aromatic carbocycles. The van der Waals surface area contributed by atoms with Gasteiger partial charge >= 0.3 is 0 Å². The molecule has 0 amide bonds. The number of hydrogen-bond donors (Lipinski definition) is 0. The van der Waals surface area contributed by atoms with Gasteiger partial charge in [0.1, 0.15) is 0 Å². The van der Waals surface area contributed by atoms with Gasteiger partial charge in [-0.05, 0) is 80.3 Å². The molecule has 3 aliphatic carbocycles. The van der Waals surface area contributed by atoms with Crippen LogP contribution in [0.4, 0.5) is 0 Å². The maximum Gasteiger partial charge on any atom is 0.0201 e. The van der Waals surface area contributed by atoms with Crippen molar-refractivity contribution in [3.8, 4) is 22.5 Å². The number of fused-ring (bicyclic) bond motifs is 3. The van der Waals surface area contributed by atoms with Crippen molar-refractivity contribution in [2.75, 3.05) is 0 Å². The first kappa shape index (κ1) is 36.7. The molecule has 0 spiro atoms. The van der Waals surface area contributed by atoms with Crippen molar-refractivity contribution in [1.82, 2.24) is 9.97 Å². The van der Waals surface area contributed by atoms with Gasteiger partial charge in [0.2, 0.25) is 0 Å². The first-order valence-electron chi connectivity index (χ1n) is 17.8. The second-order valence-electron chi connectivity index (χ2n) is 18.7. The summed E-state index contributed by atoms with van der Waals surface area (Å²) in [7, 11) is 0. The summed E-state index contributed by atoms with van der Waals surface area (Å²) in [5.74, 6) is 0. The smallest absolute Gasteiger partial charge is 0.0201 e. The third-order valence-electron chi connectivity index (χ3n) is 12.0. The Balaban J connectivity index is 0.000000192. The van der Waals surface area contributed by atoms with Gasteiger partial charge in [0.25, 0.3) is 0 Å². The standard InChI is InChI=1S/C26H34N.C19H22N.Ir/c1-23(2)11-12-24(3,4)19-13-17(9-10-18(19)23)22-14-20-21(15-27-22)26(7,8)16-25(20,5)6;1-18(2)10-11-19(3,4)16-13-14(8-9-15(16)18)17-7-5-6-12-20-17;/h10,13-15H,11-12,16H2,1-8H3;5-7,9,12-13H,10-11H2,1-4H3;/q2*-1;. The van der Waals surface area contributed by atoms with Crippen LogP contribution in [-0.4, -0.2) is 9.97 Å². The second-order valence-corrected chi connectivity index (χ2v) is 18.7. The maximum absolute atomic E-state index is 4.88. The molecule has 3 heteroatoms. The topological polar surface area (TPSA) is 25.8 Å². The fraction of sp³-hybridized carbons (Fsp3) is 0.511. The summed E-state index contributed by atoms with van der Waals surface area (Å²) in [5.41, 5.74) is 14.4. The molecule has 0 atom stereocenters. The molecule has 2 nitrogen and oxygen atoms in total. The van der Waals surface area contributed by atoms with Gasteiger partial charge in [-0.2, -0.15) is 0 Å². The molecule has 0 saturated heterocycles. The van der Waals surface area contributed by atoms with Gasteiger partial charge in [-0.25, -0.2) is 0 Å². The van der Waals surface area contributed by atoms with Crippen molar-refractivity contribution in [2.24, 2.45) is 0 Å². The molecule has 0 aliphatic heterocycles. The van der Waals surface area contributed by atoms with E-state index in [1.807, 2.05) is 18.3 Å². The van der Waals surface area contributed by atoms with E-state index in [-0.39, 0.29) is 52.6 Å². The van der Waals surface area contributed by atoms with E-state index in [0.717, 1.165) is 22.5 Å². The van der Waals surface area contributed by atoms with E-state index >= 15 is 0 Å². The molecule has 7 rings (SSSR count). The van der Waals surface area contributed by atoms with Crippen LogP contribution in [-0.2, 0) is 52.6 Å². The van der Waals surface area contributed by atoms with Gasteiger partial charge in [0.15, 0.2) is 0 Å². The Morgan fingerprint density at radius 3 is 1.40 bits per heavy atom. The van der Waals surface area contributed by atoms with E-state index in [9.17, 15) is 0 Å². The van der Waals surface area contributed by atoms with E-state index < -0.39 is 0 Å². The Morgan fingerprint density at radius 1 is 0.479 bits per heavy atom. The van der Waals surface area contributed by atoms with E-state index in [1.165, 1.54) is 65.5 Å². The van der Waals surface area contributed by atoms with Crippen LogP contribution in [0.2, 0.25) is 0 Å². The summed E-state index contributed by atoms with van der Waals surface area (Å²) in [6.07, 6.45) is 10.1. The van der Waals surface area contributed by atoms with Gasteiger partial charge in [-0.3, -0.25) is 0 Å². The molecule has 257 valence electrons. The number of nitrogens with zero attached hydrogens (tertiary/aromatic N) is 2. The van der Waals surface area contributed by atoms with Gasteiger partial charge < -0.3 is 9.97 Å². The van der Waals surface area contributed by atoms with Crippen LogP contribution >= 0.6 is 0 Å². The normalized spacial score (nSPS) is 21.3. The summed E-state index contributed by atoms with van der Waals surface area (Å²) in [6, 6.07) is 24.5. The third kappa shape index (κ3) is 6.64. The average molecular weight is 817 g/mol. The molecule has 0 bridgehead atoms. The third-order valence-corrected chi connectivity index (χ3v) is 12.0. The SMILES string of the molecule is CC1(C)CCC(C)(C)c2cc(-c3cc4c(cn3)C(C)(C)CC4(C)C)[c-]cc21.CC1(C)CCC(C)(C)c2cc(-c3ccccn3)[c-]cc21.[Ir]. The van der Waals surface area contributed by atoms with E-state index in [2.05, 4.69) is 143 Å². The zero-order valence-corrected chi connectivity index (χ0v) is 33.9. The van der Waals surface area contributed by atoms with Crippen LogP contribution in [0.1, 0.15) is 149 Å². The van der Waals surface area contributed by atoms with Gasteiger partial charge in [0.05, 0.1) is 0 Å². The van der Waals surface area contributed by atoms with Crippen molar-refractivity contribution < 1.29 is 20.1 Å². The number of hydrogen-bond acceptors (Lipinski definition) is 2. The van der Waals surface area contributed by atoms with Gasteiger partial charge in [-0.1, -0.05) is 114 Å². The average Bonchev–Trinajstić information content (AvgIpc) is 3.21. The Kier molecular flexibility index (Phi) is 9.40. The Morgan fingerprint density at radius 2 is 0.917 bits per heavy atom. The largest absolute Gasteiger partial charge is 0.305 e. The first-order valence-corrected chi connectivity index (χ1v) is 17.8. The molecule has 2 heterocycles. The number of pyridine rings is 2. The Hall–Kier alpha value is -2.61. The zero-order valence-electron chi connectivity index (χ0n) is 31.5. The summed E-state index contributed by atoms with van der Waals surface area (Å²) in [5, 5.41) is 0. The quantitative estimate of drug-likeness (QED) is 0.188. The van der Waals surface area contributed by atoms with Gasteiger partial charge in [0, 0.05) is 32.5 Å². The van der Waals surface area contributed by atoms with Crippen LogP contribution in [0, 0.1) is 12.1 Å². The number of aromatic nitrogens is 2. The van der Waals surface area contributed by atoms with Crippen molar-refractivity contribution >= 4 is 0 Å². The molecule has 0 N–H and O–H groups in total. The summed E-state index contributed by atoms with van der Waals surface area (Å²) in [4.78, 5) is 9.33. The molecule has 48 heavy (non-hydrogen) atoms. The minimum Gasteiger partial charge on any atom is -0.305 e. The monoisotopic (exact) mass is 817 g/mol. The minimum absolute atomic E-state index is 0.